The van der Waals surface area contributed by atoms with Crippen LogP contribution in [-0.2, 0) is 11.2 Å². The Labute approximate surface area is 184 Å². The van der Waals surface area contributed by atoms with E-state index in [9.17, 15) is 4.79 Å². The van der Waals surface area contributed by atoms with E-state index in [-0.39, 0.29) is 5.91 Å². The van der Waals surface area contributed by atoms with Gasteiger partial charge in [-0.05, 0) is 80.2 Å². The van der Waals surface area contributed by atoms with Crippen molar-refractivity contribution in [1.29, 1.82) is 0 Å². The topological polar surface area (TPSA) is 47.6 Å². The van der Waals surface area contributed by atoms with Gasteiger partial charge in [0.15, 0.2) is 5.11 Å². The predicted octanol–water partition coefficient (Wildman–Crippen LogP) is 4.25. The van der Waals surface area contributed by atoms with Gasteiger partial charge in [-0.25, -0.2) is 0 Å². The summed E-state index contributed by atoms with van der Waals surface area (Å²) in [5, 5.41) is 7.23. The summed E-state index contributed by atoms with van der Waals surface area (Å²) in [4.78, 5) is 16.4. The van der Waals surface area contributed by atoms with E-state index in [4.69, 9.17) is 12.2 Å². The van der Waals surface area contributed by atoms with Gasteiger partial charge in [0.05, 0.1) is 0 Å². The highest BCUT2D eigenvalue weighted by atomic mass is 32.1. The molecule has 0 bridgehead atoms. The van der Waals surface area contributed by atoms with Crippen LogP contribution in [0.4, 0.5) is 17.1 Å². The molecule has 0 aliphatic carbocycles. The van der Waals surface area contributed by atoms with Gasteiger partial charge in [0.2, 0.25) is 5.91 Å². The van der Waals surface area contributed by atoms with Crippen LogP contribution in [0.3, 0.4) is 0 Å². The molecule has 2 N–H and O–H groups in total. The molecule has 0 saturated carbocycles. The molecule has 5 nitrogen and oxygen atoms in total. The fourth-order valence-corrected chi connectivity index (χ4v) is 4.65. The van der Waals surface area contributed by atoms with Crippen molar-refractivity contribution in [2.24, 2.45) is 0 Å². The summed E-state index contributed by atoms with van der Waals surface area (Å²) in [6, 6.07) is 14.8. The van der Waals surface area contributed by atoms with Crippen molar-refractivity contribution < 1.29 is 4.79 Å². The van der Waals surface area contributed by atoms with Gasteiger partial charge < -0.3 is 20.4 Å². The predicted molar refractivity (Wildman–Crippen MR) is 129 cm³/mol. The molecule has 0 unspecified atom stereocenters. The molecular formula is C24H30N4OS. The summed E-state index contributed by atoms with van der Waals surface area (Å²) >= 11 is 5.47. The maximum atomic E-state index is 12.0. The fraction of sp³-hybridized carbons (Fsp3) is 0.417. The Kier molecular flexibility index (Phi) is 6.53. The number of nitrogens with zero attached hydrogens (tertiary/aromatic N) is 2. The normalized spacial score (nSPS) is 15.8. The van der Waals surface area contributed by atoms with E-state index in [2.05, 4.69) is 45.9 Å². The number of hydrogen-bond acceptors (Lipinski definition) is 3. The van der Waals surface area contributed by atoms with Gasteiger partial charge in [0.1, 0.15) is 0 Å². The molecule has 0 aromatic heterocycles. The number of para-hydroxylation sites is 1. The van der Waals surface area contributed by atoms with E-state index in [0.717, 1.165) is 56.0 Å². The van der Waals surface area contributed by atoms with E-state index in [0.29, 0.717) is 11.5 Å². The third-order valence-electron chi connectivity index (χ3n) is 5.92. The van der Waals surface area contributed by atoms with Crippen molar-refractivity contribution in [3.63, 3.8) is 0 Å². The Bertz CT molecular complexity index is 929. The smallest absolute Gasteiger partial charge is 0.227 e. The largest absolute Gasteiger partial charge is 0.371 e. The maximum absolute atomic E-state index is 12.0. The fourth-order valence-electron chi connectivity index (χ4n) is 4.43. The van der Waals surface area contributed by atoms with Gasteiger partial charge in [-0.3, -0.25) is 4.79 Å². The molecule has 1 saturated heterocycles. The Morgan fingerprint density at radius 3 is 2.70 bits per heavy atom. The molecule has 1 fully saturated rings. The number of fused-ring (bicyclic) bond motifs is 1. The van der Waals surface area contributed by atoms with E-state index in [1.54, 1.807) is 0 Å². The number of benzene rings is 2. The first kappa shape index (κ1) is 20.7. The number of carbonyl (C=O) groups is 1. The molecule has 2 heterocycles. The maximum Gasteiger partial charge on any atom is 0.227 e. The van der Waals surface area contributed by atoms with Crippen molar-refractivity contribution in [2.45, 2.75) is 39.0 Å². The average molecular weight is 423 g/mol. The first-order valence-electron chi connectivity index (χ1n) is 10.9. The molecule has 4 rings (SSSR count). The minimum atomic E-state index is 0.215. The summed E-state index contributed by atoms with van der Waals surface area (Å²) in [7, 11) is 0. The summed E-state index contributed by atoms with van der Waals surface area (Å²) < 4.78 is 0. The number of nitrogens with one attached hydrogen (secondary N) is 2. The van der Waals surface area contributed by atoms with Crippen LogP contribution in [0, 0.1) is 6.92 Å². The lowest BCUT2D eigenvalue weighted by Crippen LogP contribution is -2.34. The molecule has 2 aliphatic rings. The van der Waals surface area contributed by atoms with Crippen LogP contribution in [0.15, 0.2) is 42.5 Å². The van der Waals surface area contributed by atoms with Crippen LogP contribution in [0.1, 0.15) is 36.8 Å². The van der Waals surface area contributed by atoms with Gasteiger partial charge in [0.25, 0.3) is 0 Å². The van der Waals surface area contributed by atoms with E-state index in [1.807, 2.05) is 24.0 Å². The van der Waals surface area contributed by atoms with Gasteiger partial charge in [-0.1, -0.05) is 18.2 Å². The van der Waals surface area contributed by atoms with Gasteiger partial charge in [0, 0.05) is 49.7 Å². The lowest BCUT2D eigenvalue weighted by atomic mass is 10.0. The van der Waals surface area contributed by atoms with Crippen LogP contribution in [0.25, 0.3) is 0 Å². The number of rotatable bonds is 6. The highest BCUT2D eigenvalue weighted by Gasteiger charge is 2.23. The Balaban J connectivity index is 1.24. The molecule has 158 valence electrons. The van der Waals surface area contributed by atoms with Gasteiger partial charge >= 0.3 is 0 Å². The standard InChI is InChI=1S/C24H30N4OS/c1-18-17-20(11-12-21(18)28-16-5-10-23(28)29)26-24(30)25-13-6-15-27-14-4-8-19-7-2-3-9-22(19)27/h2-3,7,9,11-12,17H,4-6,8,10,13-16H2,1H3,(H2,25,26,30). The quantitative estimate of drug-likeness (QED) is 0.538. The van der Waals surface area contributed by atoms with Crippen molar-refractivity contribution in [3.05, 3.63) is 53.6 Å². The molecule has 0 spiro atoms. The third kappa shape index (κ3) is 4.75. The van der Waals surface area contributed by atoms with Crippen LogP contribution >= 0.6 is 12.2 Å². The van der Waals surface area contributed by atoms with Crippen LogP contribution < -0.4 is 20.4 Å². The van der Waals surface area contributed by atoms with Gasteiger partial charge in [-0.2, -0.15) is 0 Å². The lowest BCUT2D eigenvalue weighted by molar-refractivity contribution is -0.117. The molecule has 6 heteroatoms. The first-order valence-corrected chi connectivity index (χ1v) is 11.3. The lowest BCUT2D eigenvalue weighted by Gasteiger charge is -2.31. The second-order valence-electron chi connectivity index (χ2n) is 8.10. The van der Waals surface area contributed by atoms with E-state index in [1.165, 1.54) is 24.1 Å². The Morgan fingerprint density at radius 1 is 1.07 bits per heavy atom. The van der Waals surface area contributed by atoms with Gasteiger partial charge in [-0.15, -0.1) is 0 Å². The number of hydrogen-bond donors (Lipinski definition) is 2. The molecule has 30 heavy (non-hydrogen) atoms. The molecule has 2 aliphatic heterocycles. The number of anilines is 3. The van der Waals surface area contributed by atoms with Crippen molar-refractivity contribution >= 4 is 40.3 Å². The highest BCUT2D eigenvalue weighted by molar-refractivity contribution is 7.80. The molecule has 0 radical (unpaired) electrons. The zero-order chi connectivity index (χ0) is 20.9. The zero-order valence-electron chi connectivity index (χ0n) is 17.6. The minimum Gasteiger partial charge on any atom is -0.371 e. The number of carbonyl (C=O) groups excluding carboxylic acids is 1. The van der Waals surface area contributed by atoms with Crippen molar-refractivity contribution in [2.75, 3.05) is 41.3 Å². The summed E-state index contributed by atoms with van der Waals surface area (Å²) in [5.41, 5.74) is 5.88. The van der Waals surface area contributed by atoms with E-state index < -0.39 is 0 Å². The monoisotopic (exact) mass is 422 g/mol. The third-order valence-corrected chi connectivity index (χ3v) is 6.16. The van der Waals surface area contributed by atoms with E-state index >= 15 is 0 Å². The minimum absolute atomic E-state index is 0.215. The Morgan fingerprint density at radius 2 is 1.90 bits per heavy atom. The molecule has 1 amide bonds. The molecule has 0 atom stereocenters. The van der Waals surface area contributed by atoms with Crippen LogP contribution in [0.5, 0.6) is 0 Å². The zero-order valence-corrected chi connectivity index (χ0v) is 18.4. The summed E-state index contributed by atoms with van der Waals surface area (Å²) in [6.07, 6.45) is 5.03. The number of thiocarbonyl (C=S) groups is 1. The van der Waals surface area contributed by atoms with Crippen LogP contribution in [0.2, 0.25) is 0 Å². The van der Waals surface area contributed by atoms with Crippen molar-refractivity contribution in [1.82, 2.24) is 5.32 Å². The second kappa shape index (κ2) is 9.47. The Hall–Kier alpha value is -2.60. The summed E-state index contributed by atoms with van der Waals surface area (Å²) in [6.45, 7) is 5.85. The van der Waals surface area contributed by atoms with Crippen molar-refractivity contribution in [3.8, 4) is 0 Å². The SMILES string of the molecule is Cc1cc(NC(=S)NCCCN2CCCc3ccccc32)ccc1N1CCCC1=O. The highest BCUT2D eigenvalue weighted by Crippen LogP contribution is 2.28. The van der Waals surface area contributed by atoms with Crippen LogP contribution in [-0.4, -0.2) is 37.2 Å². The average Bonchev–Trinajstić information content (AvgIpc) is 3.17. The molecule has 2 aromatic carbocycles. The molecule has 2 aromatic rings. The number of aryl methyl sites for hydroxylation is 2. The first-order chi connectivity index (χ1) is 14.6. The molecular weight excluding hydrogens is 392 g/mol. The number of amides is 1. The summed E-state index contributed by atoms with van der Waals surface area (Å²) in [5.74, 6) is 0.215. The second-order valence-corrected chi connectivity index (χ2v) is 8.51.